The van der Waals surface area contributed by atoms with Crippen molar-refractivity contribution in [2.75, 3.05) is 17.7 Å². The maximum Gasteiger partial charge on any atom is 0.330 e. The third-order valence-corrected chi connectivity index (χ3v) is 5.89. The average molecular weight is 491 g/mol. The van der Waals surface area contributed by atoms with Gasteiger partial charge in [-0.1, -0.05) is 54.7 Å². The van der Waals surface area contributed by atoms with Crippen LogP contribution in [0.4, 0.5) is 11.5 Å². The van der Waals surface area contributed by atoms with Gasteiger partial charge in [0.15, 0.2) is 5.69 Å². The molecule has 1 aromatic heterocycles. The van der Waals surface area contributed by atoms with Crippen LogP contribution in [0.1, 0.15) is 35.7 Å². The first kappa shape index (κ1) is 24.4. The second-order valence-electron chi connectivity index (χ2n) is 7.33. The Balaban J connectivity index is 2.20. The predicted octanol–water partition coefficient (Wildman–Crippen LogP) is 4.08. The van der Waals surface area contributed by atoms with E-state index in [1.807, 2.05) is 6.92 Å². The van der Waals surface area contributed by atoms with Crippen LogP contribution in [0.5, 0.6) is 5.75 Å². The normalized spacial score (nSPS) is 10.8. The monoisotopic (exact) mass is 490 g/mol. The molecule has 3 aromatic rings. The number of benzene rings is 2. The smallest absolute Gasteiger partial charge is 0.330 e. The van der Waals surface area contributed by atoms with Gasteiger partial charge in [-0.2, -0.15) is 0 Å². The molecule has 3 N–H and O–H groups in total. The van der Waals surface area contributed by atoms with Gasteiger partial charge in [0.1, 0.15) is 11.6 Å². The van der Waals surface area contributed by atoms with Crippen molar-refractivity contribution in [3.63, 3.8) is 0 Å². The Kier molecular flexibility index (Phi) is 7.84. The van der Waals surface area contributed by atoms with Crippen molar-refractivity contribution in [2.24, 2.45) is 0 Å². The minimum absolute atomic E-state index is 0.0393. The largest absolute Gasteiger partial charge is 0.496 e. The molecular weight excluding hydrogens is 467 g/mol. The number of hydrogen-bond acceptors (Lipinski definition) is 5. The van der Waals surface area contributed by atoms with E-state index in [9.17, 15) is 14.4 Å². The summed E-state index contributed by atoms with van der Waals surface area (Å²) in [5.74, 6) is -0.114. The SMILES string of the molecule is CCCCn1c(N)c(N(Cc2ccccc2OC)C(=O)c2ccc(Cl)c(Cl)c2)c(=O)[nH]c1=O. The molecule has 0 aliphatic rings. The number of aromatic amines is 1. The first-order valence-electron chi connectivity index (χ1n) is 10.3. The zero-order valence-corrected chi connectivity index (χ0v) is 19.7. The molecule has 33 heavy (non-hydrogen) atoms. The van der Waals surface area contributed by atoms with E-state index in [1.54, 1.807) is 24.3 Å². The summed E-state index contributed by atoms with van der Waals surface area (Å²) in [6.07, 6.45) is 1.48. The van der Waals surface area contributed by atoms with Gasteiger partial charge in [0, 0.05) is 17.7 Å². The number of nitrogens with zero attached hydrogens (tertiary/aromatic N) is 2. The number of aromatic nitrogens is 2. The summed E-state index contributed by atoms with van der Waals surface area (Å²) in [6.45, 7) is 2.23. The Morgan fingerprint density at radius 3 is 2.55 bits per heavy atom. The van der Waals surface area contributed by atoms with Crippen LogP contribution < -0.4 is 26.6 Å². The molecule has 0 fully saturated rings. The highest BCUT2D eigenvalue weighted by Gasteiger charge is 2.27. The molecule has 0 unspecified atom stereocenters. The van der Waals surface area contributed by atoms with Gasteiger partial charge in [0.05, 0.1) is 23.7 Å². The summed E-state index contributed by atoms with van der Waals surface area (Å²) in [4.78, 5) is 42.4. The molecule has 0 aliphatic heterocycles. The number of methoxy groups -OCH3 is 1. The van der Waals surface area contributed by atoms with E-state index >= 15 is 0 Å². The third kappa shape index (κ3) is 5.23. The standard InChI is InChI=1S/C23H24Cl2N4O4/c1-3-4-11-28-20(26)19(21(30)27-23(28)32)29(13-15-7-5-6-8-18(15)33-2)22(31)14-9-10-16(24)17(25)12-14/h5-10,12H,3-4,11,13,26H2,1-2H3,(H,27,30,32). The van der Waals surface area contributed by atoms with Crippen LogP contribution in [0.15, 0.2) is 52.1 Å². The fraction of sp³-hybridized carbons (Fsp3) is 0.261. The number of nitrogens with two attached hydrogens (primary N) is 1. The lowest BCUT2D eigenvalue weighted by molar-refractivity contribution is 0.0984. The first-order valence-corrected chi connectivity index (χ1v) is 11.1. The summed E-state index contributed by atoms with van der Waals surface area (Å²) in [5.41, 5.74) is 5.60. The number of H-pyrrole nitrogens is 1. The topological polar surface area (TPSA) is 110 Å². The number of para-hydroxylation sites is 1. The number of ether oxygens (including phenoxy) is 1. The molecule has 174 valence electrons. The number of nitrogens with one attached hydrogen (secondary N) is 1. The van der Waals surface area contributed by atoms with Crippen LogP contribution in [0.2, 0.25) is 10.0 Å². The lowest BCUT2D eigenvalue weighted by Gasteiger charge is -2.25. The van der Waals surface area contributed by atoms with Gasteiger partial charge in [-0.05, 0) is 30.7 Å². The van der Waals surface area contributed by atoms with Crippen molar-refractivity contribution >= 4 is 40.6 Å². The Bertz CT molecular complexity index is 1290. The molecule has 0 bridgehead atoms. The van der Waals surface area contributed by atoms with Crippen molar-refractivity contribution in [3.8, 4) is 5.75 Å². The Morgan fingerprint density at radius 2 is 1.88 bits per heavy atom. The first-order chi connectivity index (χ1) is 15.8. The van der Waals surface area contributed by atoms with Crippen molar-refractivity contribution in [1.82, 2.24) is 9.55 Å². The van der Waals surface area contributed by atoms with Gasteiger partial charge in [0.25, 0.3) is 11.5 Å². The Labute approximate surface area is 200 Å². The molecule has 3 rings (SSSR count). The van der Waals surface area contributed by atoms with Gasteiger partial charge >= 0.3 is 5.69 Å². The summed E-state index contributed by atoms with van der Waals surface area (Å²) in [7, 11) is 1.51. The van der Waals surface area contributed by atoms with E-state index in [0.29, 0.717) is 24.3 Å². The molecule has 0 saturated carbocycles. The van der Waals surface area contributed by atoms with Crippen molar-refractivity contribution in [3.05, 3.63) is 84.5 Å². The van der Waals surface area contributed by atoms with Crippen LogP contribution in [0, 0.1) is 0 Å². The van der Waals surface area contributed by atoms with E-state index in [2.05, 4.69) is 4.98 Å². The third-order valence-electron chi connectivity index (χ3n) is 5.15. The highest BCUT2D eigenvalue weighted by atomic mass is 35.5. The van der Waals surface area contributed by atoms with Crippen molar-refractivity contribution in [1.29, 1.82) is 0 Å². The van der Waals surface area contributed by atoms with Gasteiger partial charge in [-0.25, -0.2) is 4.79 Å². The highest BCUT2D eigenvalue weighted by molar-refractivity contribution is 6.42. The van der Waals surface area contributed by atoms with E-state index < -0.39 is 17.2 Å². The summed E-state index contributed by atoms with van der Waals surface area (Å²) >= 11 is 12.1. The summed E-state index contributed by atoms with van der Waals surface area (Å²) in [5, 5.41) is 0.476. The Morgan fingerprint density at radius 1 is 1.15 bits per heavy atom. The number of carbonyl (C=O) groups is 1. The fourth-order valence-electron chi connectivity index (χ4n) is 3.42. The molecule has 0 radical (unpaired) electrons. The predicted molar refractivity (Wildman–Crippen MR) is 131 cm³/mol. The zero-order valence-electron chi connectivity index (χ0n) is 18.2. The molecular formula is C23H24Cl2N4O4. The second-order valence-corrected chi connectivity index (χ2v) is 8.14. The number of unbranched alkanes of at least 4 members (excludes halogenated alkanes) is 1. The molecule has 2 aromatic carbocycles. The fourth-order valence-corrected chi connectivity index (χ4v) is 3.72. The van der Waals surface area contributed by atoms with Gasteiger partial charge in [0.2, 0.25) is 0 Å². The lowest BCUT2D eigenvalue weighted by Crippen LogP contribution is -2.41. The van der Waals surface area contributed by atoms with Crippen LogP contribution in [0.3, 0.4) is 0 Å². The number of rotatable bonds is 8. The minimum Gasteiger partial charge on any atom is -0.496 e. The number of hydrogen-bond donors (Lipinski definition) is 2. The molecule has 1 amide bonds. The number of halogens is 2. The quantitative estimate of drug-likeness (QED) is 0.494. The van der Waals surface area contributed by atoms with Crippen LogP contribution in [0.25, 0.3) is 0 Å². The molecule has 1 heterocycles. The number of nitrogen functional groups attached to an aromatic ring is 1. The van der Waals surface area contributed by atoms with E-state index in [0.717, 1.165) is 6.42 Å². The van der Waals surface area contributed by atoms with E-state index in [4.69, 9.17) is 33.7 Å². The average Bonchev–Trinajstić information content (AvgIpc) is 2.79. The van der Waals surface area contributed by atoms with Gasteiger partial charge in [-0.15, -0.1) is 0 Å². The number of carbonyl (C=O) groups excluding carboxylic acids is 1. The van der Waals surface area contributed by atoms with Crippen LogP contribution in [-0.2, 0) is 13.1 Å². The molecule has 0 saturated heterocycles. The summed E-state index contributed by atoms with van der Waals surface area (Å²) in [6, 6.07) is 11.5. The van der Waals surface area contributed by atoms with E-state index in [-0.39, 0.29) is 33.7 Å². The summed E-state index contributed by atoms with van der Waals surface area (Å²) < 4.78 is 6.67. The second kappa shape index (κ2) is 10.6. The zero-order chi connectivity index (χ0) is 24.1. The maximum absolute atomic E-state index is 13.6. The molecule has 10 heteroatoms. The van der Waals surface area contributed by atoms with E-state index in [1.165, 1.54) is 34.8 Å². The molecule has 8 nitrogen and oxygen atoms in total. The van der Waals surface area contributed by atoms with Gasteiger partial charge in [-0.3, -0.25) is 24.0 Å². The molecule has 0 atom stereocenters. The number of amides is 1. The highest BCUT2D eigenvalue weighted by Crippen LogP contribution is 2.28. The van der Waals surface area contributed by atoms with Crippen LogP contribution in [-0.4, -0.2) is 22.6 Å². The molecule has 0 spiro atoms. The minimum atomic E-state index is -0.770. The number of anilines is 2. The maximum atomic E-state index is 13.6. The lowest BCUT2D eigenvalue weighted by atomic mass is 10.1. The van der Waals surface area contributed by atoms with Gasteiger partial charge < -0.3 is 10.5 Å². The van der Waals surface area contributed by atoms with Crippen molar-refractivity contribution < 1.29 is 9.53 Å². The Hall–Kier alpha value is -3.23. The van der Waals surface area contributed by atoms with Crippen LogP contribution >= 0.6 is 23.2 Å². The molecule has 0 aliphatic carbocycles. The van der Waals surface area contributed by atoms with Crippen molar-refractivity contribution in [2.45, 2.75) is 32.9 Å².